The first-order valence-electron chi connectivity index (χ1n) is 9.31. The summed E-state index contributed by atoms with van der Waals surface area (Å²) in [4.78, 5) is 14.2. The lowest BCUT2D eigenvalue weighted by atomic mass is 9.93. The number of carbonyl (C=O) groups excluding carboxylic acids is 1. The molecule has 150 valence electrons. The Morgan fingerprint density at radius 2 is 1.75 bits per heavy atom. The molecule has 2 N–H and O–H groups in total. The predicted molar refractivity (Wildman–Crippen MR) is 112 cm³/mol. The van der Waals surface area contributed by atoms with Crippen molar-refractivity contribution in [2.24, 2.45) is 5.41 Å². The third-order valence-corrected chi connectivity index (χ3v) is 5.64. The van der Waals surface area contributed by atoms with Crippen molar-refractivity contribution in [2.45, 2.75) is 52.0 Å². The molecule has 1 heterocycles. The van der Waals surface area contributed by atoms with E-state index in [0.29, 0.717) is 22.9 Å². The highest BCUT2D eigenvalue weighted by Crippen LogP contribution is 2.33. The fraction of sp³-hybridized carbons (Fsp3) is 0.409. The molecule has 3 atom stereocenters. The van der Waals surface area contributed by atoms with Crippen molar-refractivity contribution >= 4 is 29.1 Å². The Hall–Kier alpha value is -1.59. The second-order valence-electron chi connectivity index (χ2n) is 8.36. The van der Waals surface area contributed by atoms with Crippen molar-refractivity contribution in [1.29, 1.82) is 0 Å². The molecule has 1 saturated heterocycles. The molecule has 1 aliphatic heterocycles. The minimum atomic E-state index is -1.17. The van der Waals surface area contributed by atoms with Crippen LogP contribution in [-0.2, 0) is 11.2 Å². The predicted octanol–water partition coefficient (Wildman–Crippen LogP) is 4.53. The number of carbonyl (C=O) groups is 1. The van der Waals surface area contributed by atoms with E-state index in [9.17, 15) is 15.0 Å². The van der Waals surface area contributed by atoms with Crippen LogP contribution >= 0.6 is 23.2 Å². The molecule has 2 aromatic rings. The summed E-state index contributed by atoms with van der Waals surface area (Å²) >= 11 is 12.4. The molecule has 0 spiro atoms. The van der Waals surface area contributed by atoms with Crippen molar-refractivity contribution in [1.82, 2.24) is 4.90 Å². The largest absolute Gasteiger partial charge is 0.388 e. The van der Waals surface area contributed by atoms with Crippen molar-refractivity contribution < 1.29 is 15.0 Å². The highest BCUT2D eigenvalue weighted by atomic mass is 35.5. The molecule has 0 aromatic heterocycles. The highest BCUT2D eigenvalue weighted by Gasteiger charge is 2.44. The number of aliphatic hydroxyl groups is 2. The molecule has 0 saturated carbocycles. The molecule has 2 aromatic carbocycles. The quantitative estimate of drug-likeness (QED) is 0.764. The van der Waals surface area contributed by atoms with Crippen LogP contribution in [0.3, 0.4) is 0 Å². The van der Waals surface area contributed by atoms with Gasteiger partial charge in [-0.3, -0.25) is 4.79 Å². The fourth-order valence-electron chi connectivity index (χ4n) is 3.58. The van der Waals surface area contributed by atoms with Crippen molar-refractivity contribution in [3.05, 3.63) is 58.1 Å². The van der Waals surface area contributed by atoms with Crippen LogP contribution in [0.25, 0.3) is 11.1 Å². The number of hydrogen-bond donors (Lipinski definition) is 2. The van der Waals surface area contributed by atoms with E-state index < -0.39 is 17.7 Å². The molecule has 0 aliphatic carbocycles. The van der Waals surface area contributed by atoms with Gasteiger partial charge in [0.25, 0.3) is 0 Å². The number of benzene rings is 2. The molecule has 1 aliphatic rings. The van der Waals surface area contributed by atoms with Gasteiger partial charge in [-0.25, -0.2) is 0 Å². The van der Waals surface area contributed by atoms with Crippen LogP contribution < -0.4 is 0 Å². The zero-order valence-electron chi connectivity index (χ0n) is 16.2. The Kier molecular flexibility index (Phi) is 6.06. The molecular formula is C22H25Cl2NO3. The summed E-state index contributed by atoms with van der Waals surface area (Å²) in [7, 11) is 0. The molecule has 6 heteroatoms. The van der Waals surface area contributed by atoms with E-state index in [4.69, 9.17) is 23.2 Å². The Bertz CT molecular complexity index is 861. The first-order valence-corrected chi connectivity index (χ1v) is 10.1. The summed E-state index contributed by atoms with van der Waals surface area (Å²) in [6.45, 7) is 5.44. The van der Waals surface area contributed by atoms with E-state index in [1.54, 1.807) is 12.1 Å². The summed E-state index contributed by atoms with van der Waals surface area (Å²) in [5, 5.41) is 21.7. The Morgan fingerprint density at radius 1 is 1.11 bits per heavy atom. The lowest BCUT2D eigenvalue weighted by Crippen LogP contribution is -2.48. The summed E-state index contributed by atoms with van der Waals surface area (Å²) in [5.41, 5.74) is 2.19. The van der Waals surface area contributed by atoms with Gasteiger partial charge in [0.15, 0.2) is 6.23 Å². The van der Waals surface area contributed by atoms with Gasteiger partial charge in [0, 0.05) is 27.1 Å². The van der Waals surface area contributed by atoms with E-state index >= 15 is 0 Å². The minimum Gasteiger partial charge on any atom is -0.388 e. The van der Waals surface area contributed by atoms with Crippen LogP contribution in [0.4, 0.5) is 0 Å². The van der Waals surface area contributed by atoms with Crippen LogP contribution in [-0.4, -0.2) is 39.4 Å². The third-order valence-electron chi connectivity index (χ3n) is 5.08. The first kappa shape index (κ1) is 21.1. The van der Waals surface area contributed by atoms with Crippen molar-refractivity contribution in [2.75, 3.05) is 0 Å². The van der Waals surface area contributed by atoms with Gasteiger partial charge in [-0.1, -0.05) is 68.2 Å². The maximum absolute atomic E-state index is 12.8. The summed E-state index contributed by atoms with van der Waals surface area (Å²) < 4.78 is 0. The van der Waals surface area contributed by atoms with E-state index in [2.05, 4.69) is 0 Å². The third kappa shape index (κ3) is 4.36. The molecule has 1 fully saturated rings. The molecule has 0 radical (unpaired) electrons. The van der Waals surface area contributed by atoms with Gasteiger partial charge < -0.3 is 15.1 Å². The summed E-state index contributed by atoms with van der Waals surface area (Å²) in [6.07, 6.45) is -1.19. The van der Waals surface area contributed by atoms with Crippen LogP contribution in [0.1, 0.15) is 32.8 Å². The van der Waals surface area contributed by atoms with Crippen molar-refractivity contribution in [3.8, 4) is 11.1 Å². The normalized spacial score (nSPS) is 22.5. The molecule has 28 heavy (non-hydrogen) atoms. The van der Waals surface area contributed by atoms with Gasteiger partial charge in [-0.15, -0.1) is 0 Å². The number of rotatable bonds is 3. The summed E-state index contributed by atoms with van der Waals surface area (Å²) in [5.74, 6) is -0.163. The van der Waals surface area contributed by atoms with E-state index in [1.807, 2.05) is 51.1 Å². The van der Waals surface area contributed by atoms with Gasteiger partial charge in [0.1, 0.15) is 6.10 Å². The molecule has 3 unspecified atom stereocenters. The molecular weight excluding hydrogens is 397 g/mol. The Balaban J connectivity index is 1.81. The number of halogens is 2. The zero-order chi connectivity index (χ0) is 20.6. The monoisotopic (exact) mass is 421 g/mol. The smallest absolute Gasteiger partial charge is 0.230 e. The Morgan fingerprint density at radius 3 is 2.36 bits per heavy atom. The number of hydrogen-bond acceptors (Lipinski definition) is 3. The molecule has 4 nitrogen and oxygen atoms in total. The lowest BCUT2D eigenvalue weighted by molar-refractivity contribution is -0.153. The van der Waals surface area contributed by atoms with Gasteiger partial charge in [0.2, 0.25) is 5.91 Å². The highest BCUT2D eigenvalue weighted by molar-refractivity contribution is 6.35. The minimum absolute atomic E-state index is 0.163. The molecule has 3 rings (SSSR count). The van der Waals surface area contributed by atoms with E-state index in [-0.39, 0.29) is 11.9 Å². The molecule has 1 amide bonds. The van der Waals surface area contributed by atoms with E-state index in [1.165, 1.54) is 4.90 Å². The van der Waals surface area contributed by atoms with Gasteiger partial charge in [0.05, 0.1) is 0 Å². The maximum Gasteiger partial charge on any atom is 0.230 e. The molecule has 0 bridgehead atoms. The van der Waals surface area contributed by atoms with Crippen LogP contribution in [0.2, 0.25) is 10.0 Å². The average molecular weight is 422 g/mol. The second kappa shape index (κ2) is 8.03. The number of nitrogens with zero attached hydrogens (tertiary/aromatic N) is 1. The standard InChI is InChI=1S/C22H25Cl2NO3/c1-22(2,3)21(28)25-16(12-19(26)20(25)27)10-13-4-6-14(7-5-13)17-11-15(23)8-9-18(17)24/h4-9,11,16,19-20,26-27H,10,12H2,1-3H3. The first-order chi connectivity index (χ1) is 13.1. The lowest BCUT2D eigenvalue weighted by Gasteiger charge is -2.33. The zero-order valence-corrected chi connectivity index (χ0v) is 17.7. The Labute approximate surface area is 175 Å². The SMILES string of the molecule is CC(C)(C)C(=O)N1C(Cc2ccc(-c3cc(Cl)ccc3Cl)cc2)CC(O)C1O. The maximum atomic E-state index is 12.8. The van der Waals surface area contributed by atoms with Crippen molar-refractivity contribution in [3.63, 3.8) is 0 Å². The van der Waals surface area contributed by atoms with Gasteiger partial charge in [-0.2, -0.15) is 0 Å². The number of likely N-dealkylation sites (tertiary alicyclic amines) is 1. The number of aliphatic hydroxyl groups excluding tert-OH is 2. The van der Waals surface area contributed by atoms with E-state index in [0.717, 1.165) is 16.7 Å². The average Bonchev–Trinajstić information content (AvgIpc) is 2.90. The topological polar surface area (TPSA) is 60.8 Å². The second-order valence-corrected chi connectivity index (χ2v) is 9.20. The van der Waals surface area contributed by atoms with Gasteiger partial charge in [-0.05, 0) is 42.2 Å². The number of amides is 1. The van der Waals surface area contributed by atoms with Crippen LogP contribution in [0.5, 0.6) is 0 Å². The fourth-order valence-corrected chi connectivity index (χ4v) is 3.98. The van der Waals surface area contributed by atoms with Gasteiger partial charge >= 0.3 is 0 Å². The van der Waals surface area contributed by atoms with Crippen LogP contribution in [0, 0.1) is 5.41 Å². The van der Waals surface area contributed by atoms with Crippen LogP contribution in [0.15, 0.2) is 42.5 Å². The summed E-state index contributed by atoms with van der Waals surface area (Å²) in [6, 6.07) is 13.0.